The molecule has 10 heavy (non-hydrogen) atoms. The average molecular weight is 178 g/mol. The minimum absolute atomic E-state index is 0.210. The fraction of sp³-hybridized carbons (Fsp3) is 0.857. The molecule has 0 saturated carbocycles. The third-order valence-corrected chi connectivity index (χ3v) is 2.70. The minimum Gasteiger partial charge on any atom is -0.294 e. The predicted octanol–water partition coefficient (Wildman–Crippen LogP) is 2.31. The first-order chi connectivity index (χ1) is 4.77. The van der Waals surface area contributed by atoms with E-state index >= 15 is 0 Å². The number of carbonyl (C=O) groups excluding carboxylic acids is 1. The van der Waals surface area contributed by atoms with Gasteiger partial charge in [-0.3, -0.25) is 4.79 Å². The molecule has 0 fully saturated rings. The third kappa shape index (κ3) is 8.45. The quantitative estimate of drug-likeness (QED) is 0.458. The van der Waals surface area contributed by atoms with Gasteiger partial charge in [0, 0.05) is 0 Å². The van der Waals surface area contributed by atoms with Crippen molar-refractivity contribution in [1.82, 2.24) is 0 Å². The van der Waals surface area contributed by atoms with E-state index in [1.54, 1.807) is 11.8 Å². The molecule has 0 heterocycles. The summed E-state index contributed by atoms with van der Waals surface area (Å²) in [6, 6.07) is 0. The molecule has 60 valence electrons. The summed E-state index contributed by atoms with van der Waals surface area (Å²) in [6.07, 6.45) is 3.80. The first kappa shape index (κ1) is 10.4. The molecule has 0 saturated heterocycles. The minimum atomic E-state index is 0.210. The van der Waals surface area contributed by atoms with E-state index in [-0.39, 0.29) is 5.52 Å². The lowest BCUT2D eigenvalue weighted by molar-refractivity contribution is -0.108. The zero-order chi connectivity index (χ0) is 7.82. The van der Waals surface area contributed by atoms with Gasteiger partial charge in [-0.15, -0.1) is 0 Å². The molecule has 0 bridgehead atoms. The van der Waals surface area contributed by atoms with Crippen LogP contribution in [0.3, 0.4) is 0 Å². The molecule has 0 spiro atoms. The van der Waals surface area contributed by atoms with Gasteiger partial charge in [-0.05, 0) is 12.2 Å². The van der Waals surface area contributed by atoms with Gasteiger partial charge in [0.2, 0.25) is 0 Å². The Morgan fingerprint density at radius 1 is 1.50 bits per heavy atom. The predicted molar refractivity (Wildman–Crippen MR) is 51.6 cm³/mol. The summed E-state index contributed by atoms with van der Waals surface area (Å²) in [7, 11) is 2.20. The molecule has 0 aliphatic carbocycles. The molecule has 3 heteroatoms. The second-order valence-corrected chi connectivity index (χ2v) is 3.98. The first-order valence-corrected chi connectivity index (χ1v) is 5.36. The van der Waals surface area contributed by atoms with Crippen molar-refractivity contribution in [3.8, 4) is 0 Å². The number of hydrogen-bond acceptors (Lipinski definition) is 2. The highest BCUT2D eigenvalue weighted by Gasteiger charge is 1.92. The van der Waals surface area contributed by atoms with E-state index in [1.807, 2.05) is 0 Å². The largest absolute Gasteiger partial charge is 0.294 e. The first-order valence-electron chi connectivity index (χ1n) is 3.63. The second-order valence-electron chi connectivity index (χ2n) is 2.23. The van der Waals surface area contributed by atoms with Crippen molar-refractivity contribution in [3.05, 3.63) is 0 Å². The van der Waals surface area contributed by atoms with E-state index in [4.69, 9.17) is 0 Å². The van der Waals surface area contributed by atoms with Crippen molar-refractivity contribution in [3.63, 3.8) is 0 Å². The Morgan fingerprint density at radius 2 is 2.20 bits per heavy atom. The molecule has 0 aromatic carbocycles. The lowest BCUT2D eigenvalue weighted by Crippen LogP contribution is -1.90. The molecular formula is C7H15OPS. The Balaban J connectivity index is 2.84. The molecular weight excluding hydrogens is 163 g/mol. The highest BCUT2D eigenvalue weighted by atomic mass is 32.2. The van der Waals surface area contributed by atoms with Gasteiger partial charge in [-0.25, -0.2) is 0 Å². The Morgan fingerprint density at radius 3 is 2.70 bits per heavy atom. The highest BCUT2D eigenvalue weighted by Crippen LogP contribution is 2.07. The summed E-state index contributed by atoms with van der Waals surface area (Å²) in [4.78, 5) is 10.4. The molecule has 0 rings (SSSR count). The third-order valence-electron chi connectivity index (χ3n) is 1.14. The number of carbonyl (C=O) groups is 1. The zero-order valence-corrected chi connectivity index (χ0v) is 8.40. The highest BCUT2D eigenvalue weighted by molar-refractivity contribution is 8.00. The van der Waals surface area contributed by atoms with Crippen LogP contribution in [-0.2, 0) is 4.79 Å². The smallest absolute Gasteiger partial charge is 0.158 e. The van der Waals surface area contributed by atoms with Crippen LogP contribution in [0, 0.1) is 0 Å². The Labute approximate surface area is 69.5 Å². The van der Waals surface area contributed by atoms with Gasteiger partial charge in [0.15, 0.2) is 5.52 Å². The van der Waals surface area contributed by atoms with Crippen LogP contribution < -0.4 is 0 Å². The van der Waals surface area contributed by atoms with Crippen LogP contribution >= 0.6 is 21.0 Å². The molecule has 0 aliphatic rings. The Bertz CT molecular complexity index is 95.6. The lowest BCUT2D eigenvalue weighted by atomic mass is 10.3. The maximum absolute atomic E-state index is 10.4. The topological polar surface area (TPSA) is 17.1 Å². The van der Waals surface area contributed by atoms with Crippen LogP contribution in [0.2, 0.25) is 0 Å². The SMILES string of the molecule is CCCCCSCC(=O)P. The van der Waals surface area contributed by atoms with Crippen molar-refractivity contribution >= 4 is 26.5 Å². The lowest BCUT2D eigenvalue weighted by Gasteiger charge is -1.96. The maximum atomic E-state index is 10.4. The molecule has 0 aromatic rings. The average Bonchev–Trinajstić information content (AvgIpc) is 1.87. The molecule has 0 amide bonds. The standard InChI is InChI=1S/C7H15OPS/c1-2-3-4-5-10-6-7(8)9/h2-6,9H2,1H3. The summed E-state index contributed by atoms with van der Waals surface area (Å²) in [5.74, 6) is 1.79. The maximum Gasteiger partial charge on any atom is 0.158 e. The van der Waals surface area contributed by atoms with Crippen molar-refractivity contribution in [1.29, 1.82) is 0 Å². The number of thioether (sulfide) groups is 1. The van der Waals surface area contributed by atoms with Gasteiger partial charge >= 0.3 is 0 Å². The van der Waals surface area contributed by atoms with Gasteiger partial charge < -0.3 is 0 Å². The monoisotopic (exact) mass is 178 g/mol. The van der Waals surface area contributed by atoms with Crippen molar-refractivity contribution in [2.75, 3.05) is 11.5 Å². The molecule has 0 aromatic heterocycles. The summed E-state index contributed by atoms with van der Waals surface area (Å²) < 4.78 is 0. The zero-order valence-electron chi connectivity index (χ0n) is 6.43. The van der Waals surface area contributed by atoms with Crippen LogP contribution in [0.5, 0.6) is 0 Å². The van der Waals surface area contributed by atoms with Crippen LogP contribution in [0.15, 0.2) is 0 Å². The molecule has 1 atom stereocenters. The Hall–Kier alpha value is 0.450. The fourth-order valence-corrected chi connectivity index (χ4v) is 1.73. The van der Waals surface area contributed by atoms with E-state index in [9.17, 15) is 4.79 Å². The van der Waals surface area contributed by atoms with Gasteiger partial charge in [0.25, 0.3) is 0 Å². The van der Waals surface area contributed by atoms with Crippen LogP contribution in [0.1, 0.15) is 26.2 Å². The summed E-state index contributed by atoms with van der Waals surface area (Å²) in [5.41, 5.74) is 0.210. The fourth-order valence-electron chi connectivity index (χ4n) is 0.627. The number of hydrogen-bond donors (Lipinski definition) is 0. The molecule has 1 unspecified atom stereocenters. The molecule has 0 radical (unpaired) electrons. The van der Waals surface area contributed by atoms with Crippen molar-refractivity contribution < 1.29 is 4.79 Å². The van der Waals surface area contributed by atoms with Gasteiger partial charge in [-0.2, -0.15) is 11.8 Å². The summed E-state index contributed by atoms with van der Waals surface area (Å²) in [5, 5.41) is 0. The van der Waals surface area contributed by atoms with E-state index in [0.717, 1.165) is 5.75 Å². The van der Waals surface area contributed by atoms with E-state index in [0.29, 0.717) is 5.75 Å². The van der Waals surface area contributed by atoms with Crippen LogP contribution in [0.4, 0.5) is 0 Å². The normalized spacial score (nSPS) is 9.80. The van der Waals surface area contributed by atoms with Gasteiger partial charge in [0.05, 0.1) is 5.75 Å². The second kappa shape index (κ2) is 7.56. The molecule has 1 nitrogen and oxygen atoms in total. The summed E-state index contributed by atoms with van der Waals surface area (Å²) in [6.45, 7) is 2.19. The summed E-state index contributed by atoms with van der Waals surface area (Å²) >= 11 is 1.73. The van der Waals surface area contributed by atoms with E-state index in [2.05, 4.69) is 16.2 Å². The van der Waals surface area contributed by atoms with Crippen molar-refractivity contribution in [2.24, 2.45) is 0 Å². The number of rotatable bonds is 6. The molecule has 0 N–H and O–H groups in total. The number of unbranched alkanes of at least 4 members (excludes halogenated alkanes) is 2. The van der Waals surface area contributed by atoms with Gasteiger partial charge in [-0.1, -0.05) is 29.0 Å². The van der Waals surface area contributed by atoms with E-state index < -0.39 is 0 Å². The van der Waals surface area contributed by atoms with Gasteiger partial charge in [0.1, 0.15) is 0 Å². The Kier molecular flexibility index (Phi) is 7.90. The molecule has 0 aliphatic heterocycles. The van der Waals surface area contributed by atoms with Crippen LogP contribution in [0.25, 0.3) is 0 Å². The van der Waals surface area contributed by atoms with Crippen LogP contribution in [-0.4, -0.2) is 17.0 Å². The van der Waals surface area contributed by atoms with E-state index in [1.165, 1.54) is 19.3 Å². The van der Waals surface area contributed by atoms with Crippen molar-refractivity contribution in [2.45, 2.75) is 26.2 Å².